The highest BCUT2D eigenvalue weighted by Gasteiger charge is 2.50. The monoisotopic (exact) mass is 776 g/mol. The van der Waals surface area contributed by atoms with Gasteiger partial charge in [0.05, 0.1) is 6.61 Å². The first-order valence-electron chi connectivity index (χ1n) is 16.9. The second kappa shape index (κ2) is 17.6. The number of thiazole rings is 1. The first-order chi connectivity index (χ1) is 25.4. The highest BCUT2D eigenvalue weighted by Crippen LogP contribution is 2.36. The summed E-state index contributed by atoms with van der Waals surface area (Å²) in [4.78, 5) is 75.7. The molecule has 2 amide bonds. The summed E-state index contributed by atoms with van der Waals surface area (Å²) in [6.45, 7) is 11.6. The van der Waals surface area contributed by atoms with Gasteiger partial charge in [-0.1, -0.05) is 81.4 Å². The molecule has 0 aliphatic heterocycles. The highest BCUT2D eigenvalue weighted by molar-refractivity contribution is 7.13. The van der Waals surface area contributed by atoms with Crippen molar-refractivity contribution in [1.82, 2.24) is 20.3 Å². The molecule has 17 heteroatoms. The van der Waals surface area contributed by atoms with Crippen molar-refractivity contribution in [2.24, 2.45) is 5.73 Å². The van der Waals surface area contributed by atoms with Crippen molar-refractivity contribution < 1.29 is 42.6 Å². The van der Waals surface area contributed by atoms with Gasteiger partial charge in [0.2, 0.25) is 5.95 Å². The Morgan fingerprint density at radius 3 is 1.94 bits per heavy atom. The molecule has 0 saturated heterocycles. The van der Waals surface area contributed by atoms with Gasteiger partial charge in [0.1, 0.15) is 29.0 Å². The Kier molecular flexibility index (Phi) is 13.5. The van der Waals surface area contributed by atoms with Gasteiger partial charge in [-0.2, -0.15) is 0 Å². The van der Waals surface area contributed by atoms with Crippen molar-refractivity contribution >= 4 is 65.9 Å². The fourth-order valence-electron chi connectivity index (χ4n) is 5.30. The summed E-state index contributed by atoms with van der Waals surface area (Å²) in [5, 5.41) is 8.14. The topological polar surface area (TPSA) is 211 Å². The third-order valence-electron chi connectivity index (χ3n) is 7.69. The van der Waals surface area contributed by atoms with Gasteiger partial charge < -0.3 is 29.7 Å². The molecule has 0 bridgehead atoms. The average molecular weight is 777 g/mol. The van der Waals surface area contributed by atoms with E-state index < -0.39 is 67.6 Å². The lowest BCUT2D eigenvalue weighted by Gasteiger charge is -2.43. The number of benzene rings is 2. The van der Waals surface area contributed by atoms with E-state index in [1.54, 1.807) is 20.8 Å². The van der Waals surface area contributed by atoms with Crippen molar-refractivity contribution in [1.29, 1.82) is 0 Å². The minimum Gasteiger partial charge on any atom is -0.463 e. The minimum absolute atomic E-state index is 0.00170. The van der Waals surface area contributed by atoms with E-state index in [1.165, 1.54) is 17.8 Å². The summed E-state index contributed by atoms with van der Waals surface area (Å²) in [6.07, 6.45) is 2.07. The molecule has 0 spiro atoms. The molecule has 2 aromatic heterocycles. The van der Waals surface area contributed by atoms with Crippen molar-refractivity contribution in [2.45, 2.75) is 71.2 Å². The minimum atomic E-state index is -3.07. The number of aromatic nitrogens is 3. The summed E-state index contributed by atoms with van der Waals surface area (Å²) in [5.74, 6) is -3.85. The largest absolute Gasteiger partial charge is 0.463 e. The zero-order chi connectivity index (χ0) is 39.7. The number of anilines is 1. The summed E-state index contributed by atoms with van der Waals surface area (Å²) >= 11 is 1.09. The Morgan fingerprint density at radius 1 is 0.852 bits per heavy atom. The van der Waals surface area contributed by atoms with E-state index in [-0.39, 0.29) is 18.2 Å². The van der Waals surface area contributed by atoms with Crippen LogP contribution in [0.15, 0.2) is 78.4 Å². The van der Waals surface area contributed by atoms with Crippen LogP contribution in [0.1, 0.15) is 59.0 Å². The number of ether oxygens (including phenoxy) is 3. The molecule has 4 aromatic rings. The maximum Gasteiger partial charge on any atom is 0.414 e. The SMILES string of the molecule is CC(=O)OC[C@H](NC(=O)c1csc(-c2cnc(NC(=O)OC(C)(C)C)nc2)n1)C(=O)OC(=O)[C@@H](N)CO[Si](c1ccccc1)(c1ccccc1)C(C)(C)C. The highest BCUT2D eigenvalue weighted by atomic mass is 32.1. The Balaban J connectivity index is 1.44. The third-order valence-corrected chi connectivity index (χ3v) is 13.6. The Hall–Kier alpha value is -5.36. The van der Waals surface area contributed by atoms with E-state index in [0.29, 0.717) is 10.6 Å². The first-order valence-corrected chi connectivity index (χ1v) is 19.7. The van der Waals surface area contributed by atoms with E-state index >= 15 is 0 Å². The number of amides is 2. The molecule has 54 heavy (non-hydrogen) atoms. The quantitative estimate of drug-likeness (QED) is 0.0768. The molecule has 0 radical (unpaired) electrons. The molecule has 2 aromatic carbocycles. The van der Waals surface area contributed by atoms with Crippen molar-refractivity contribution in [3.63, 3.8) is 0 Å². The van der Waals surface area contributed by atoms with E-state index in [2.05, 4.69) is 46.4 Å². The lowest BCUT2D eigenvalue weighted by molar-refractivity contribution is -0.163. The molecular formula is C37H44N6O9SSi. The van der Waals surface area contributed by atoms with E-state index in [1.807, 2.05) is 60.7 Å². The molecule has 4 rings (SSSR count). The number of hydrogen-bond donors (Lipinski definition) is 3. The maximum absolute atomic E-state index is 13.2. The number of carbonyl (C=O) groups is 5. The van der Waals surface area contributed by atoms with Gasteiger partial charge in [-0.3, -0.25) is 14.9 Å². The average Bonchev–Trinajstić information content (AvgIpc) is 3.60. The van der Waals surface area contributed by atoms with E-state index in [9.17, 15) is 24.0 Å². The number of hydrogen-bond acceptors (Lipinski definition) is 14. The zero-order valence-corrected chi connectivity index (χ0v) is 32.9. The van der Waals surface area contributed by atoms with Gasteiger partial charge in [0.25, 0.3) is 14.2 Å². The van der Waals surface area contributed by atoms with Crippen LogP contribution >= 0.6 is 11.3 Å². The molecule has 286 valence electrons. The standard InChI is InChI=1S/C37H44N6O9SSi/c1-23(44)49-21-28(41-30(45)29-22-53-31(42-29)24-18-39-34(40-19-24)43-35(48)52-36(2,3)4)33(47)51-32(46)27(38)20-50-54(37(5,6)7,25-14-10-8-11-15-25)26-16-12-9-13-17-26/h8-19,22,27-28H,20-21,38H2,1-7H3,(H,41,45)(H,39,40,43,48)/t27-,28-/m0/s1. The first kappa shape index (κ1) is 41.4. The van der Waals surface area contributed by atoms with Crippen molar-refractivity contribution in [3.05, 3.63) is 84.1 Å². The van der Waals surface area contributed by atoms with Crippen LogP contribution in [-0.2, 0) is 33.0 Å². The number of rotatable bonds is 13. The van der Waals surface area contributed by atoms with Crippen LogP contribution in [0.3, 0.4) is 0 Å². The van der Waals surface area contributed by atoms with Crippen LogP contribution in [-0.4, -0.2) is 84.1 Å². The predicted octanol–water partition coefficient (Wildman–Crippen LogP) is 3.58. The number of nitrogens with one attached hydrogen (secondary N) is 2. The van der Waals surface area contributed by atoms with Gasteiger partial charge in [0.15, 0.2) is 6.04 Å². The second-order valence-electron chi connectivity index (χ2n) is 14.1. The molecule has 2 heterocycles. The Labute approximate surface area is 318 Å². The number of esters is 3. The lowest BCUT2D eigenvalue weighted by atomic mass is 10.2. The Morgan fingerprint density at radius 2 is 1.43 bits per heavy atom. The maximum atomic E-state index is 13.2. The number of nitrogens with two attached hydrogens (primary N) is 1. The molecule has 0 aliphatic rings. The molecule has 0 saturated carbocycles. The normalized spacial score (nSPS) is 12.9. The molecule has 15 nitrogen and oxygen atoms in total. The van der Waals surface area contributed by atoms with Crippen molar-refractivity contribution in [2.75, 3.05) is 18.5 Å². The van der Waals surface area contributed by atoms with Gasteiger partial charge in [-0.05, 0) is 36.2 Å². The molecular weight excluding hydrogens is 733 g/mol. The van der Waals surface area contributed by atoms with Crippen LogP contribution < -0.4 is 26.7 Å². The third kappa shape index (κ3) is 10.8. The summed E-state index contributed by atoms with van der Waals surface area (Å²) in [6, 6.07) is 16.5. The number of nitrogens with zero attached hydrogens (tertiary/aromatic N) is 3. The zero-order valence-electron chi connectivity index (χ0n) is 31.1. The van der Waals surface area contributed by atoms with Crippen LogP contribution in [0.25, 0.3) is 10.6 Å². The summed E-state index contributed by atoms with van der Waals surface area (Å²) in [7, 11) is -3.07. The lowest BCUT2D eigenvalue weighted by Crippen LogP contribution is -2.67. The van der Waals surface area contributed by atoms with Crippen LogP contribution in [0.5, 0.6) is 0 Å². The summed E-state index contributed by atoms with van der Waals surface area (Å²) < 4.78 is 22.0. The summed E-state index contributed by atoms with van der Waals surface area (Å²) in [5.41, 5.74) is 5.89. The van der Waals surface area contributed by atoms with Gasteiger partial charge in [-0.15, -0.1) is 11.3 Å². The molecule has 0 aliphatic carbocycles. The molecule has 4 N–H and O–H groups in total. The van der Waals surface area contributed by atoms with Gasteiger partial charge in [0, 0.05) is 30.3 Å². The van der Waals surface area contributed by atoms with Crippen LogP contribution in [0, 0.1) is 0 Å². The Bertz CT molecular complexity index is 1890. The predicted molar refractivity (Wildman–Crippen MR) is 204 cm³/mol. The fraction of sp³-hybridized carbons (Fsp3) is 0.351. The molecule has 0 unspecified atom stereocenters. The van der Waals surface area contributed by atoms with Gasteiger partial charge in [-0.25, -0.2) is 29.3 Å². The number of carbonyl (C=O) groups excluding carboxylic acids is 5. The van der Waals surface area contributed by atoms with E-state index in [0.717, 1.165) is 28.6 Å². The smallest absolute Gasteiger partial charge is 0.414 e. The molecule has 2 atom stereocenters. The van der Waals surface area contributed by atoms with Crippen LogP contribution in [0.4, 0.5) is 10.7 Å². The van der Waals surface area contributed by atoms with E-state index in [4.69, 9.17) is 24.4 Å². The van der Waals surface area contributed by atoms with Crippen molar-refractivity contribution in [3.8, 4) is 10.6 Å². The second-order valence-corrected chi connectivity index (χ2v) is 19.3. The van der Waals surface area contributed by atoms with Crippen LogP contribution in [0.2, 0.25) is 5.04 Å². The van der Waals surface area contributed by atoms with Gasteiger partial charge >= 0.3 is 24.0 Å². The molecule has 0 fully saturated rings. The fourth-order valence-corrected chi connectivity index (χ4v) is 10.7.